The van der Waals surface area contributed by atoms with Gasteiger partial charge in [-0.2, -0.15) is 0 Å². The van der Waals surface area contributed by atoms with Crippen molar-refractivity contribution in [2.75, 3.05) is 14.1 Å². The average Bonchev–Trinajstić information content (AvgIpc) is 2.53. The van der Waals surface area contributed by atoms with E-state index in [-0.39, 0.29) is 0 Å². The van der Waals surface area contributed by atoms with Gasteiger partial charge in [-0.05, 0) is 23.3 Å². The van der Waals surface area contributed by atoms with Crippen molar-refractivity contribution in [1.29, 1.82) is 0 Å². The number of nitrogens with zero attached hydrogens (tertiary/aromatic N) is 1. The largest absolute Gasteiger partial charge is 0.489 e. The first-order valence-electron chi connectivity index (χ1n) is 6.74. The summed E-state index contributed by atoms with van der Waals surface area (Å²) < 4.78 is 5.71. The second-order valence-corrected chi connectivity index (χ2v) is 5.40. The zero-order valence-corrected chi connectivity index (χ0v) is 13.0. The smallest absolute Gasteiger partial charge is 0.129 e. The summed E-state index contributed by atoms with van der Waals surface area (Å²) in [5, 5.41) is 10.1. The highest BCUT2D eigenvalue weighted by atomic mass is 32.1. The van der Waals surface area contributed by atoms with E-state index in [0.717, 1.165) is 16.9 Å². The Bertz CT molecular complexity index is 581. The molecule has 110 valence electrons. The molecule has 2 rings (SSSR count). The van der Waals surface area contributed by atoms with Gasteiger partial charge in [-0.25, -0.2) is 0 Å². The molecule has 0 bridgehead atoms. The molecule has 0 saturated carbocycles. The molecule has 21 heavy (non-hydrogen) atoms. The summed E-state index contributed by atoms with van der Waals surface area (Å²) in [7, 11) is 3.64. The number of hydrogen-bond acceptors (Lipinski definition) is 3. The first kappa shape index (κ1) is 15.5. The van der Waals surface area contributed by atoms with Crippen LogP contribution >= 0.6 is 12.2 Å². The Morgan fingerprint density at radius 2 is 1.71 bits per heavy atom. The minimum atomic E-state index is -0.766. The molecule has 1 atom stereocenters. The van der Waals surface area contributed by atoms with E-state index in [1.54, 1.807) is 4.90 Å². The second kappa shape index (κ2) is 7.20. The van der Waals surface area contributed by atoms with E-state index in [4.69, 9.17) is 17.0 Å². The summed E-state index contributed by atoms with van der Waals surface area (Å²) in [5.41, 5.74) is 1.89. The molecular weight excluding hydrogens is 282 g/mol. The van der Waals surface area contributed by atoms with Crippen LogP contribution in [0.4, 0.5) is 0 Å². The number of thiocarbonyl (C=S) groups is 1. The first-order chi connectivity index (χ1) is 10.1. The lowest BCUT2D eigenvalue weighted by Crippen LogP contribution is -2.26. The number of ether oxygens (including phenoxy) is 1. The standard InChI is InChI=1S/C17H19NO2S/c1-18(2)17(21)16(19)14-8-10-15(11-9-14)20-12-13-6-4-3-5-7-13/h3-11,16,19H,12H2,1-2H3/t16-/m0/s1. The SMILES string of the molecule is CN(C)C(=S)[C@@H](O)c1ccc(OCc2ccccc2)cc1. The van der Waals surface area contributed by atoms with E-state index < -0.39 is 6.10 Å². The monoisotopic (exact) mass is 301 g/mol. The highest BCUT2D eigenvalue weighted by Gasteiger charge is 2.14. The Morgan fingerprint density at radius 3 is 2.29 bits per heavy atom. The lowest BCUT2D eigenvalue weighted by molar-refractivity contribution is 0.236. The van der Waals surface area contributed by atoms with Crippen LogP contribution in [0.25, 0.3) is 0 Å². The van der Waals surface area contributed by atoms with Crippen molar-refractivity contribution in [3.05, 3.63) is 65.7 Å². The molecule has 0 heterocycles. The maximum absolute atomic E-state index is 10.1. The number of aliphatic hydroxyl groups is 1. The van der Waals surface area contributed by atoms with Crippen LogP contribution < -0.4 is 4.74 Å². The predicted molar refractivity (Wildman–Crippen MR) is 88.5 cm³/mol. The Balaban J connectivity index is 1.97. The third-order valence-electron chi connectivity index (χ3n) is 3.12. The summed E-state index contributed by atoms with van der Waals surface area (Å²) in [6.07, 6.45) is -0.766. The Hall–Kier alpha value is -1.91. The van der Waals surface area contributed by atoms with Crippen LogP contribution in [0.3, 0.4) is 0 Å². The van der Waals surface area contributed by atoms with Crippen molar-refractivity contribution < 1.29 is 9.84 Å². The van der Waals surface area contributed by atoms with Gasteiger partial charge >= 0.3 is 0 Å². The number of aliphatic hydroxyl groups excluding tert-OH is 1. The summed E-state index contributed by atoms with van der Waals surface area (Å²) in [6.45, 7) is 0.527. The topological polar surface area (TPSA) is 32.7 Å². The van der Waals surface area contributed by atoms with Gasteiger partial charge in [0.1, 0.15) is 23.4 Å². The van der Waals surface area contributed by atoms with Gasteiger partial charge in [-0.3, -0.25) is 0 Å². The van der Waals surface area contributed by atoms with Crippen LogP contribution in [0.5, 0.6) is 5.75 Å². The third kappa shape index (κ3) is 4.28. The number of likely N-dealkylation sites (N-methyl/N-ethyl adjacent to an activating group) is 1. The maximum Gasteiger partial charge on any atom is 0.129 e. The van der Waals surface area contributed by atoms with Gasteiger partial charge in [-0.1, -0.05) is 54.7 Å². The van der Waals surface area contributed by atoms with E-state index in [2.05, 4.69) is 0 Å². The van der Waals surface area contributed by atoms with E-state index in [0.29, 0.717) is 11.6 Å². The number of rotatable bonds is 5. The minimum absolute atomic E-state index is 0.493. The Labute approximate surface area is 130 Å². The first-order valence-corrected chi connectivity index (χ1v) is 7.14. The van der Waals surface area contributed by atoms with Gasteiger partial charge < -0.3 is 14.7 Å². The molecule has 4 heteroatoms. The molecular formula is C17H19NO2S. The van der Waals surface area contributed by atoms with Crippen LogP contribution in [0.1, 0.15) is 17.2 Å². The fourth-order valence-electron chi connectivity index (χ4n) is 1.87. The van der Waals surface area contributed by atoms with Crippen molar-refractivity contribution in [1.82, 2.24) is 4.90 Å². The van der Waals surface area contributed by atoms with Crippen LogP contribution in [0, 0.1) is 0 Å². The molecule has 0 radical (unpaired) electrons. The van der Waals surface area contributed by atoms with Crippen molar-refractivity contribution in [3.8, 4) is 5.75 Å². The van der Waals surface area contributed by atoms with E-state index in [1.165, 1.54) is 0 Å². The molecule has 0 saturated heterocycles. The minimum Gasteiger partial charge on any atom is -0.489 e. The van der Waals surface area contributed by atoms with Crippen LogP contribution in [-0.2, 0) is 6.61 Å². The van der Waals surface area contributed by atoms with E-state index in [9.17, 15) is 5.11 Å². The Kier molecular flexibility index (Phi) is 5.31. The summed E-state index contributed by atoms with van der Waals surface area (Å²) in [6, 6.07) is 17.4. The van der Waals surface area contributed by atoms with Crippen molar-refractivity contribution in [3.63, 3.8) is 0 Å². The lowest BCUT2D eigenvalue weighted by Gasteiger charge is -2.19. The summed E-state index contributed by atoms with van der Waals surface area (Å²) in [5.74, 6) is 0.769. The van der Waals surface area contributed by atoms with Crippen molar-refractivity contribution in [2.45, 2.75) is 12.7 Å². The van der Waals surface area contributed by atoms with Crippen LogP contribution in [0.2, 0.25) is 0 Å². The summed E-state index contributed by atoms with van der Waals surface area (Å²) in [4.78, 5) is 2.23. The molecule has 0 fully saturated rings. The predicted octanol–water partition coefficient (Wildman–Crippen LogP) is 3.19. The highest BCUT2D eigenvalue weighted by Crippen LogP contribution is 2.20. The van der Waals surface area contributed by atoms with Gasteiger partial charge in [-0.15, -0.1) is 0 Å². The zero-order valence-electron chi connectivity index (χ0n) is 12.2. The van der Waals surface area contributed by atoms with Gasteiger partial charge in [0.15, 0.2) is 0 Å². The quantitative estimate of drug-likeness (QED) is 0.860. The molecule has 1 N–H and O–H groups in total. The molecule has 2 aromatic carbocycles. The molecule has 0 aliphatic heterocycles. The van der Waals surface area contributed by atoms with Crippen LogP contribution in [-0.4, -0.2) is 29.1 Å². The maximum atomic E-state index is 10.1. The zero-order chi connectivity index (χ0) is 15.2. The molecule has 0 amide bonds. The number of hydrogen-bond donors (Lipinski definition) is 1. The van der Waals surface area contributed by atoms with Gasteiger partial charge in [0, 0.05) is 14.1 Å². The van der Waals surface area contributed by atoms with Crippen LogP contribution in [0.15, 0.2) is 54.6 Å². The normalized spacial score (nSPS) is 11.8. The molecule has 0 aliphatic rings. The van der Waals surface area contributed by atoms with Gasteiger partial charge in [0.25, 0.3) is 0 Å². The molecule has 0 aliphatic carbocycles. The lowest BCUT2D eigenvalue weighted by atomic mass is 10.1. The van der Waals surface area contributed by atoms with E-state index >= 15 is 0 Å². The molecule has 0 aromatic heterocycles. The third-order valence-corrected chi connectivity index (χ3v) is 3.71. The highest BCUT2D eigenvalue weighted by molar-refractivity contribution is 7.80. The molecule has 3 nitrogen and oxygen atoms in total. The van der Waals surface area contributed by atoms with Gasteiger partial charge in [0.05, 0.1) is 0 Å². The average molecular weight is 301 g/mol. The number of benzene rings is 2. The fourth-order valence-corrected chi connectivity index (χ4v) is 2.01. The van der Waals surface area contributed by atoms with Gasteiger partial charge in [0.2, 0.25) is 0 Å². The molecule has 2 aromatic rings. The fraction of sp³-hybridized carbons (Fsp3) is 0.235. The Morgan fingerprint density at radius 1 is 1.10 bits per heavy atom. The summed E-state index contributed by atoms with van der Waals surface area (Å²) >= 11 is 5.18. The second-order valence-electron chi connectivity index (χ2n) is 4.98. The van der Waals surface area contributed by atoms with Crippen molar-refractivity contribution >= 4 is 17.2 Å². The molecule has 0 unspecified atom stereocenters. The van der Waals surface area contributed by atoms with E-state index in [1.807, 2.05) is 68.7 Å². The van der Waals surface area contributed by atoms with Crippen molar-refractivity contribution in [2.24, 2.45) is 0 Å². The molecule has 0 spiro atoms.